The van der Waals surface area contributed by atoms with Gasteiger partial charge in [-0.2, -0.15) is 0 Å². The van der Waals surface area contributed by atoms with Gasteiger partial charge in [0.05, 0.1) is 12.1 Å². The van der Waals surface area contributed by atoms with E-state index in [0.717, 1.165) is 17.5 Å². The highest BCUT2D eigenvalue weighted by Crippen LogP contribution is 2.31. The molecule has 0 bridgehead atoms. The summed E-state index contributed by atoms with van der Waals surface area (Å²) in [6.45, 7) is 3.57. The minimum Gasteiger partial charge on any atom is -0.341 e. The Hall–Kier alpha value is -2.99. The first-order valence-corrected chi connectivity index (χ1v) is 12.1. The second kappa shape index (κ2) is 9.48. The largest absolute Gasteiger partial charge is 0.341 e. The zero-order chi connectivity index (χ0) is 22.8. The number of nitrogens with zero attached hydrogens (tertiary/aromatic N) is 4. The molecule has 6 nitrogen and oxygen atoms in total. The average molecular weight is 445 g/mol. The molecule has 3 aromatic rings. The van der Waals surface area contributed by atoms with Crippen molar-refractivity contribution in [1.29, 1.82) is 0 Å². The number of piperidine rings is 2. The van der Waals surface area contributed by atoms with Gasteiger partial charge >= 0.3 is 0 Å². The van der Waals surface area contributed by atoms with Gasteiger partial charge < -0.3 is 14.4 Å². The molecule has 4 heterocycles. The van der Waals surface area contributed by atoms with Gasteiger partial charge in [0, 0.05) is 49.0 Å². The second-order valence-corrected chi connectivity index (χ2v) is 9.56. The zero-order valence-electron chi connectivity index (χ0n) is 19.3. The summed E-state index contributed by atoms with van der Waals surface area (Å²) in [7, 11) is 1.91. The molecule has 2 saturated heterocycles. The molecular formula is C27H32N4O2. The Morgan fingerprint density at radius 3 is 2.61 bits per heavy atom. The number of benzene rings is 1. The lowest BCUT2D eigenvalue weighted by atomic mass is 9.83. The summed E-state index contributed by atoms with van der Waals surface area (Å²) in [4.78, 5) is 35.4. The third kappa shape index (κ3) is 4.44. The molecule has 0 spiro atoms. The number of amides is 1. The molecule has 0 unspecified atom stereocenters. The maximum atomic E-state index is 13.7. The predicted octanol–water partition coefficient (Wildman–Crippen LogP) is 3.78. The number of pyridine rings is 2. The molecule has 0 aliphatic carbocycles. The Balaban J connectivity index is 1.44. The van der Waals surface area contributed by atoms with Crippen LogP contribution in [0.5, 0.6) is 0 Å². The van der Waals surface area contributed by atoms with Crippen molar-refractivity contribution in [1.82, 2.24) is 19.4 Å². The summed E-state index contributed by atoms with van der Waals surface area (Å²) < 4.78 is 1.65. The van der Waals surface area contributed by atoms with Gasteiger partial charge in [-0.3, -0.25) is 14.6 Å². The van der Waals surface area contributed by atoms with Crippen LogP contribution in [0.3, 0.4) is 0 Å². The van der Waals surface area contributed by atoms with Crippen LogP contribution in [0.15, 0.2) is 59.8 Å². The first kappa shape index (κ1) is 21.8. The van der Waals surface area contributed by atoms with Crippen molar-refractivity contribution in [2.45, 2.75) is 44.7 Å². The Labute approximate surface area is 194 Å². The highest BCUT2D eigenvalue weighted by Gasteiger charge is 2.34. The summed E-state index contributed by atoms with van der Waals surface area (Å²) in [5, 5.41) is 1.31. The first-order valence-electron chi connectivity index (χ1n) is 12.1. The fourth-order valence-electron chi connectivity index (χ4n) is 5.75. The minimum atomic E-state index is -0.0771. The van der Waals surface area contributed by atoms with Gasteiger partial charge in [0.2, 0.25) is 0 Å². The summed E-state index contributed by atoms with van der Waals surface area (Å²) in [6, 6.07) is 11.9. The normalized spacial score (nSPS) is 21.0. The van der Waals surface area contributed by atoms with Crippen molar-refractivity contribution >= 4 is 16.7 Å². The van der Waals surface area contributed by atoms with E-state index in [4.69, 9.17) is 0 Å². The van der Waals surface area contributed by atoms with Gasteiger partial charge in [-0.05, 0) is 68.5 Å². The monoisotopic (exact) mass is 444 g/mol. The lowest BCUT2D eigenvalue weighted by molar-refractivity contribution is 0.0403. The molecule has 0 radical (unpaired) electrons. The van der Waals surface area contributed by atoms with E-state index in [2.05, 4.69) is 9.88 Å². The average Bonchev–Trinajstić information content (AvgIpc) is 2.86. The molecule has 1 amide bonds. The number of rotatable bonds is 5. The Kier molecular flexibility index (Phi) is 6.27. The number of carbonyl (C=O) groups excluding carboxylic acids is 1. The molecular weight excluding hydrogens is 412 g/mol. The highest BCUT2D eigenvalue weighted by atomic mass is 16.2. The van der Waals surface area contributed by atoms with E-state index in [1.165, 1.54) is 45.2 Å². The van der Waals surface area contributed by atoms with Crippen LogP contribution in [0.25, 0.3) is 10.8 Å². The van der Waals surface area contributed by atoms with Crippen molar-refractivity contribution in [3.63, 3.8) is 0 Å². The van der Waals surface area contributed by atoms with Crippen molar-refractivity contribution in [3.8, 4) is 0 Å². The zero-order valence-corrected chi connectivity index (χ0v) is 19.3. The molecule has 1 aromatic carbocycles. The third-order valence-corrected chi connectivity index (χ3v) is 7.41. The third-order valence-electron chi connectivity index (χ3n) is 7.41. The van der Waals surface area contributed by atoms with Gasteiger partial charge in [0.1, 0.15) is 0 Å². The van der Waals surface area contributed by atoms with Crippen molar-refractivity contribution in [2.24, 2.45) is 5.92 Å². The van der Waals surface area contributed by atoms with Crippen LogP contribution in [0.4, 0.5) is 0 Å². The number of hydrogen-bond acceptors (Lipinski definition) is 4. The first-order chi connectivity index (χ1) is 16.1. The molecule has 2 aliphatic heterocycles. The fraction of sp³-hybridized carbons (Fsp3) is 0.444. The van der Waals surface area contributed by atoms with Crippen LogP contribution in [-0.2, 0) is 6.54 Å². The van der Waals surface area contributed by atoms with Crippen LogP contribution in [0.2, 0.25) is 0 Å². The van der Waals surface area contributed by atoms with E-state index in [1.807, 2.05) is 48.3 Å². The lowest BCUT2D eigenvalue weighted by Crippen LogP contribution is -2.51. The van der Waals surface area contributed by atoms with E-state index in [9.17, 15) is 9.59 Å². The maximum Gasteiger partial charge on any atom is 0.258 e. The molecule has 172 valence electrons. The van der Waals surface area contributed by atoms with Crippen molar-refractivity contribution < 1.29 is 4.79 Å². The molecule has 0 saturated carbocycles. The quantitative estimate of drug-likeness (QED) is 0.601. The standard InChI is InChI=1S/C27H32N4O2/c1-29(18-21-7-6-16-30-15-5-4-10-25(21)30)26(32)24-19-31(17-20-11-13-28-14-12-20)27(33)23-9-3-2-8-22(23)24/h2-3,8-9,11-14,19,21,25H,4-7,10,15-18H2,1H3/t21-,25+/m0/s1. The molecule has 2 aromatic heterocycles. The maximum absolute atomic E-state index is 13.7. The van der Waals surface area contributed by atoms with E-state index in [1.54, 1.807) is 23.2 Å². The summed E-state index contributed by atoms with van der Waals surface area (Å²) in [5.74, 6) is 0.504. The van der Waals surface area contributed by atoms with Crippen molar-refractivity contribution in [3.05, 3.63) is 76.5 Å². The van der Waals surface area contributed by atoms with Gasteiger partial charge in [-0.15, -0.1) is 0 Å². The van der Waals surface area contributed by atoms with E-state index < -0.39 is 0 Å². The highest BCUT2D eigenvalue weighted by molar-refractivity contribution is 6.06. The number of carbonyl (C=O) groups is 1. The van der Waals surface area contributed by atoms with Crippen LogP contribution in [0.1, 0.15) is 48.0 Å². The Bertz CT molecular complexity index is 1190. The SMILES string of the molecule is CN(C[C@@H]1CCCN2CCCC[C@H]12)C(=O)c1cn(Cc2ccncc2)c(=O)c2ccccc12. The van der Waals surface area contributed by atoms with Crippen LogP contribution in [-0.4, -0.2) is 58.0 Å². The molecule has 0 N–H and O–H groups in total. The number of fused-ring (bicyclic) bond motifs is 2. The smallest absolute Gasteiger partial charge is 0.258 e. The fourth-order valence-corrected chi connectivity index (χ4v) is 5.75. The molecule has 2 fully saturated rings. The Morgan fingerprint density at radius 1 is 1.03 bits per heavy atom. The molecule has 6 heteroatoms. The molecule has 33 heavy (non-hydrogen) atoms. The molecule has 2 atom stereocenters. The topological polar surface area (TPSA) is 58.4 Å². The summed E-state index contributed by atoms with van der Waals surface area (Å²) in [6.07, 6.45) is 11.4. The van der Waals surface area contributed by atoms with Gasteiger partial charge in [0.15, 0.2) is 0 Å². The second-order valence-electron chi connectivity index (χ2n) is 9.56. The lowest BCUT2D eigenvalue weighted by Gasteiger charge is -2.45. The van der Waals surface area contributed by atoms with Gasteiger partial charge in [-0.25, -0.2) is 0 Å². The Morgan fingerprint density at radius 2 is 1.79 bits per heavy atom. The summed E-state index contributed by atoms with van der Waals surface area (Å²) in [5.41, 5.74) is 1.50. The van der Waals surface area contributed by atoms with E-state index in [0.29, 0.717) is 29.5 Å². The van der Waals surface area contributed by atoms with Crippen molar-refractivity contribution in [2.75, 3.05) is 26.7 Å². The minimum absolute atomic E-state index is 0.0115. The van der Waals surface area contributed by atoms with E-state index in [-0.39, 0.29) is 11.5 Å². The molecule has 2 aliphatic rings. The molecule has 5 rings (SSSR count). The van der Waals surface area contributed by atoms with Gasteiger partial charge in [0.25, 0.3) is 11.5 Å². The van der Waals surface area contributed by atoms with Crippen LogP contribution < -0.4 is 5.56 Å². The van der Waals surface area contributed by atoms with Crippen LogP contribution >= 0.6 is 0 Å². The summed E-state index contributed by atoms with van der Waals surface area (Å²) >= 11 is 0. The number of aromatic nitrogens is 2. The van der Waals surface area contributed by atoms with E-state index >= 15 is 0 Å². The predicted molar refractivity (Wildman–Crippen MR) is 130 cm³/mol. The van der Waals surface area contributed by atoms with Gasteiger partial charge in [-0.1, -0.05) is 24.6 Å². The van der Waals surface area contributed by atoms with Crippen LogP contribution in [0, 0.1) is 5.92 Å². The number of hydrogen-bond donors (Lipinski definition) is 0.